The fourth-order valence-corrected chi connectivity index (χ4v) is 0.880. The summed E-state index contributed by atoms with van der Waals surface area (Å²) in [6, 6.07) is 0. The van der Waals surface area contributed by atoms with Crippen molar-refractivity contribution in [3.63, 3.8) is 0 Å². The molecule has 0 aliphatic heterocycles. The monoisotopic (exact) mass is 141 g/mol. The van der Waals surface area contributed by atoms with Crippen LogP contribution >= 0.6 is 18.6 Å². The predicted molar refractivity (Wildman–Crippen MR) is 29.3 cm³/mol. The number of methoxy groups -OCH3 is 1. The zero-order valence-corrected chi connectivity index (χ0v) is 5.54. The second-order valence-electron chi connectivity index (χ2n) is 0.773. The van der Waals surface area contributed by atoms with E-state index in [1.807, 2.05) is 0 Å². The molecule has 5 heteroatoms. The van der Waals surface area contributed by atoms with Gasteiger partial charge in [-0.05, 0) is 4.57 Å². The largest absolute Gasteiger partial charge is 0.585 e. The SMILES string of the molecule is COCS[P+](=O)O. The molecule has 42 valence electrons. The summed E-state index contributed by atoms with van der Waals surface area (Å²) >= 11 is 0.874. The molecule has 0 saturated carbocycles. The van der Waals surface area contributed by atoms with Crippen LogP contribution < -0.4 is 0 Å². The average Bonchev–Trinajstić information content (AvgIpc) is 1.61. The molecule has 0 spiro atoms. The fourth-order valence-electron chi connectivity index (χ4n) is 0.0978. The van der Waals surface area contributed by atoms with E-state index in [0.717, 1.165) is 11.4 Å². The van der Waals surface area contributed by atoms with Gasteiger partial charge in [-0.2, -0.15) is 4.89 Å². The van der Waals surface area contributed by atoms with Gasteiger partial charge in [0.15, 0.2) is 11.4 Å². The van der Waals surface area contributed by atoms with Gasteiger partial charge in [0.1, 0.15) is 5.94 Å². The second-order valence-corrected chi connectivity index (χ2v) is 3.45. The lowest BCUT2D eigenvalue weighted by atomic mass is 11.5. The molecule has 0 rings (SSSR count). The fraction of sp³-hybridized carbons (Fsp3) is 1.00. The van der Waals surface area contributed by atoms with Crippen molar-refractivity contribution in [2.75, 3.05) is 13.0 Å². The molecule has 0 bridgehead atoms. The lowest BCUT2D eigenvalue weighted by molar-refractivity contribution is 0.259. The first-order valence-electron chi connectivity index (χ1n) is 1.55. The molecule has 1 atom stereocenters. The first-order valence-corrected chi connectivity index (χ1v) is 4.35. The van der Waals surface area contributed by atoms with Crippen LogP contribution in [-0.2, 0) is 9.30 Å². The molecule has 3 nitrogen and oxygen atoms in total. The molecule has 0 saturated heterocycles. The Morgan fingerprint density at radius 3 is 2.71 bits per heavy atom. The van der Waals surface area contributed by atoms with Crippen LogP contribution in [0.5, 0.6) is 0 Å². The number of rotatable bonds is 3. The summed E-state index contributed by atoms with van der Waals surface area (Å²) in [6.45, 7) is 0. The van der Waals surface area contributed by atoms with Gasteiger partial charge >= 0.3 is 7.23 Å². The lowest BCUT2D eigenvalue weighted by Gasteiger charge is -1.78. The van der Waals surface area contributed by atoms with Gasteiger partial charge in [0.25, 0.3) is 0 Å². The molecule has 0 amide bonds. The van der Waals surface area contributed by atoms with E-state index < -0.39 is 7.23 Å². The number of ether oxygens (including phenoxy) is 1. The van der Waals surface area contributed by atoms with Crippen molar-refractivity contribution < 1.29 is 14.2 Å². The van der Waals surface area contributed by atoms with Gasteiger partial charge in [-0.15, -0.1) is 0 Å². The summed E-state index contributed by atoms with van der Waals surface area (Å²) in [5.74, 6) is 0.283. The standard InChI is InChI=1S/C2H5O3PS/c1-5-2-7-6(3)4/h2H2,1H3/p+1. The van der Waals surface area contributed by atoms with Gasteiger partial charge in [-0.3, -0.25) is 0 Å². The molecular weight excluding hydrogens is 135 g/mol. The van der Waals surface area contributed by atoms with E-state index in [1.54, 1.807) is 0 Å². The Hall–Kier alpha value is 0.370. The maximum Gasteiger partial charge on any atom is 0.585 e. The summed E-state index contributed by atoms with van der Waals surface area (Å²) in [4.78, 5) is 8.08. The maximum absolute atomic E-state index is 9.79. The minimum atomic E-state index is -2.06. The lowest BCUT2D eigenvalue weighted by Crippen LogP contribution is -1.74. The van der Waals surface area contributed by atoms with Crippen molar-refractivity contribution in [2.45, 2.75) is 0 Å². The summed E-state index contributed by atoms with van der Waals surface area (Å²) in [6.07, 6.45) is 0. The molecule has 0 aromatic rings. The van der Waals surface area contributed by atoms with Crippen LogP contribution in [0.4, 0.5) is 0 Å². The highest BCUT2D eigenvalue weighted by Crippen LogP contribution is 2.31. The predicted octanol–water partition coefficient (Wildman–Crippen LogP) is 0.973. The minimum Gasteiger partial charge on any atom is -0.370 e. The van der Waals surface area contributed by atoms with E-state index >= 15 is 0 Å². The molecule has 0 aliphatic rings. The smallest absolute Gasteiger partial charge is 0.370 e. The van der Waals surface area contributed by atoms with Crippen molar-refractivity contribution >= 4 is 18.6 Å². The van der Waals surface area contributed by atoms with Gasteiger partial charge in [0, 0.05) is 7.11 Å². The Morgan fingerprint density at radius 2 is 2.57 bits per heavy atom. The van der Waals surface area contributed by atoms with Crippen LogP contribution in [0.1, 0.15) is 0 Å². The van der Waals surface area contributed by atoms with Gasteiger partial charge in [-0.25, -0.2) is 0 Å². The highest BCUT2D eigenvalue weighted by atomic mass is 32.7. The normalized spacial score (nSPS) is 11.4. The minimum absolute atomic E-state index is 0.283. The number of hydrogen-bond acceptors (Lipinski definition) is 3. The second kappa shape index (κ2) is 4.53. The van der Waals surface area contributed by atoms with Crippen molar-refractivity contribution in [3.05, 3.63) is 0 Å². The van der Waals surface area contributed by atoms with E-state index in [4.69, 9.17) is 4.89 Å². The van der Waals surface area contributed by atoms with Gasteiger partial charge in [-0.1, -0.05) is 0 Å². The molecule has 0 aliphatic carbocycles. The Balaban J connectivity index is 2.82. The van der Waals surface area contributed by atoms with E-state index in [0.29, 0.717) is 0 Å². The van der Waals surface area contributed by atoms with Crippen molar-refractivity contribution in [1.82, 2.24) is 0 Å². The van der Waals surface area contributed by atoms with Crippen molar-refractivity contribution in [1.29, 1.82) is 0 Å². The Labute approximate surface area is 46.7 Å². The maximum atomic E-state index is 9.79. The van der Waals surface area contributed by atoms with E-state index in [2.05, 4.69) is 4.74 Å². The summed E-state index contributed by atoms with van der Waals surface area (Å²) in [7, 11) is -0.587. The van der Waals surface area contributed by atoms with Crippen LogP contribution in [0.2, 0.25) is 0 Å². The third-order valence-corrected chi connectivity index (χ3v) is 1.82. The van der Waals surface area contributed by atoms with Crippen molar-refractivity contribution in [2.24, 2.45) is 0 Å². The highest BCUT2D eigenvalue weighted by molar-refractivity contribution is 8.49. The van der Waals surface area contributed by atoms with Crippen LogP contribution in [0.15, 0.2) is 0 Å². The molecule has 0 aromatic carbocycles. The third-order valence-electron chi connectivity index (χ3n) is 0.281. The molecule has 0 heterocycles. The summed E-state index contributed by atoms with van der Waals surface area (Å²) < 4.78 is 14.3. The molecule has 7 heavy (non-hydrogen) atoms. The molecule has 0 radical (unpaired) electrons. The highest BCUT2D eigenvalue weighted by Gasteiger charge is 2.10. The Morgan fingerprint density at radius 1 is 2.00 bits per heavy atom. The zero-order valence-electron chi connectivity index (χ0n) is 3.83. The quantitative estimate of drug-likeness (QED) is 0.470. The molecule has 0 aromatic heterocycles. The molecular formula is C2H6O3PS+. The Bertz CT molecular complexity index is 66.0. The van der Waals surface area contributed by atoms with Gasteiger partial charge < -0.3 is 4.74 Å². The topological polar surface area (TPSA) is 46.5 Å². The number of hydrogen-bond donors (Lipinski definition) is 1. The van der Waals surface area contributed by atoms with Gasteiger partial charge in [0.05, 0.1) is 0 Å². The Kier molecular flexibility index (Phi) is 4.77. The summed E-state index contributed by atoms with van der Waals surface area (Å²) in [5, 5.41) is 0. The molecule has 1 N–H and O–H groups in total. The third kappa shape index (κ3) is 6.37. The first-order chi connectivity index (χ1) is 3.27. The van der Waals surface area contributed by atoms with Crippen LogP contribution in [0.3, 0.4) is 0 Å². The first kappa shape index (κ1) is 7.37. The summed E-state index contributed by atoms with van der Waals surface area (Å²) in [5.41, 5.74) is 0. The van der Waals surface area contributed by atoms with Crippen molar-refractivity contribution in [3.8, 4) is 0 Å². The van der Waals surface area contributed by atoms with Crippen LogP contribution in [0, 0.1) is 0 Å². The van der Waals surface area contributed by atoms with Crippen LogP contribution in [-0.4, -0.2) is 17.9 Å². The zero-order chi connectivity index (χ0) is 5.70. The van der Waals surface area contributed by atoms with Gasteiger partial charge in [0.2, 0.25) is 0 Å². The van der Waals surface area contributed by atoms with E-state index in [1.165, 1.54) is 7.11 Å². The van der Waals surface area contributed by atoms with E-state index in [-0.39, 0.29) is 5.94 Å². The molecule has 1 unspecified atom stereocenters. The average molecular weight is 141 g/mol. The molecule has 0 fully saturated rings. The van der Waals surface area contributed by atoms with Crippen LogP contribution in [0.25, 0.3) is 0 Å². The van der Waals surface area contributed by atoms with E-state index in [9.17, 15) is 4.57 Å².